The van der Waals surface area contributed by atoms with E-state index in [0.717, 1.165) is 0 Å². The maximum atomic E-state index is 12.8. The van der Waals surface area contributed by atoms with E-state index in [-0.39, 0.29) is 23.6 Å². The average molecular weight is 380 g/mol. The number of hydrogen-bond acceptors (Lipinski definition) is 6. The van der Waals surface area contributed by atoms with Gasteiger partial charge in [0, 0.05) is 7.05 Å². The van der Waals surface area contributed by atoms with Crippen molar-refractivity contribution >= 4 is 23.7 Å². The van der Waals surface area contributed by atoms with Gasteiger partial charge in [-0.3, -0.25) is 14.4 Å². The van der Waals surface area contributed by atoms with Crippen LogP contribution in [0.25, 0.3) is 0 Å². The Labute approximate surface area is 160 Å². The molecule has 8 nitrogen and oxygen atoms in total. The van der Waals surface area contributed by atoms with Crippen LogP contribution in [0.4, 0.5) is 0 Å². The Morgan fingerprint density at radius 1 is 0.964 bits per heavy atom. The number of imide groups is 1. The number of nitrogens with zero attached hydrogens (tertiary/aromatic N) is 2. The third-order valence-corrected chi connectivity index (χ3v) is 4.80. The van der Waals surface area contributed by atoms with Crippen LogP contribution < -0.4 is 0 Å². The van der Waals surface area contributed by atoms with Crippen molar-refractivity contribution in [1.82, 2.24) is 9.96 Å². The molecule has 1 saturated heterocycles. The molecule has 28 heavy (non-hydrogen) atoms. The number of carbonyl (C=O) groups is 4. The minimum atomic E-state index is -1.19. The van der Waals surface area contributed by atoms with Crippen molar-refractivity contribution < 1.29 is 28.8 Å². The zero-order valence-electron chi connectivity index (χ0n) is 14.9. The summed E-state index contributed by atoms with van der Waals surface area (Å²) in [4.78, 5) is 56.2. The number of amides is 3. The SMILES string of the molecule is CN1C(=O)COC(C(=O)ON2C(=O)c3ccccc3C2=O)C1c1ccccc1. The molecule has 2 aromatic rings. The normalized spacial score (nSPS) is 21.7. The highest BCUT2D eigenvalue weighted by molar-refractivity contribution is 6.20. The average Bonchev–Trinajstić information content (AvgIpc) is 2.95. The molecule has 2 atom stereocenters. The van der Waals surface area contributed by atoms with E-state index in [0.29, 0.717) is 10.6 Å². The van der Waals surface area contributed by atoms with Crippen LogP contribution in [0.3, 0.4) is 0 Å². The van der Waals surface area contributed by atoms with Gasteiger partial charge in [-0.2, -0.15) is 0 Å². The van der Waals surface area contributed by atoms with Crippen LogP contribution in [0.15, 0.2) is 54.6 Å². The molecule has 0 N–H and O–H groups in total. The van der Waals surface area contributed by atoms with E-state index in [9.17, 15) is 19.2 Å². The highest BCUT2D eigenvalue weighted by Gasteiger charge is 2.45. The van der Waals surface area contributed by atoms with Gasteiger partial charge in [0.05, 0.1) is 17.2 Å². The molecule has 0 bridgehead atoms. The number of hydroxylamine groups is 2. The van der Waals surface area contributed by atoms with Crippen LogP contribution in [0.5, 0.6) is 0 Å². The van der Waals surface area contributed by atoms with Crippen LogP contribution in [0.1, 0.15) is 32.3 Å². The van der Waals surface area contributed by atoms with Gasteiger partial charge in [-0.1, -0.05) is 47.5 Å². The second-order valence-electron chi connectivity index (χ2n) is 6.45. The number of ether oxygens (including phenoxy) is 1. The van der Waals surface area contributed by atoms with Gasteiger partial charge in [0.25, 0.3) is 11.8 Å². The van der Waals surface area contributed by atoms with Crippen LogP contribution in [0.2, 0.25) is 0 Å². The molecular weight excluding hydrogens is 364 g/mol. The monoisotopic (exact) mass is 380 g/mol. The van der Waals surface area contributed by atoms with Crippen molar-refractivity contribution in [3.05, 3.63) is 71.3 Å². The minimum absolute atomic E-state index is 0.164. The van der Waals surface area contributed by atoms with E-state index in [2.05, 4.69) is 0 Å². The van der Waals surface area contributed by atoms with E-state index in [4.69, 9.17) is 9.57 Å². The summed E-state index contributed by atoms with van der Waals surface area (Å²) in [6.07, 6.45) is -1.19. The van der Waals surface area contributed by atoms with Gasteiger partial charge in [0.2, 0.25) is 5.91 Å². The summed E-state index contributed by atoms with van der Waals surface area (Å²) < 4.78 is 5.43. The first-order chi connectivity index (χ1) is 13.5. The smallest absolute Gasteiger partial charge is 0.354 e. The summed E-state index contributed by atoms with van der Waals surface area (Å²) >= 11 is 0. The third-order valence-electron chi connectivity index (χ3n) is 4.80. The van der Waals surface area contributed by atoms with Gasteiger partial charge in [0.1, 0.15) is 6.61 Å². The quantitative estimate of drug-likeness (QED) is 0.746. The number of carbonyl (C=O) groups excluding carboxylic acids is 4. The van der Waals surface area contributed by atoms with Gasteiger partial charge in [-0.15, -0.1) is 0 Å². The van der Waals surface area contributed by atoms with Crippen molar-refractivity contribution in [3.8, 4) is 0 Å². The van der Waals surface area contributed by atoms with Crippen molar-refractivity contribution in [2.45, 2.75) is 12.1 Å². The first kappa shape index (κ1) is 17.9. The highest BCUT2D eigenvalue weighted by atomic mass is 16.7. The van der Waals surface area contributed by atoms with Crippen LogP contribution >= 0.6 is 0 Å². The molecule has 2 unspecified atom stereocenters. The lowest BCUT2D eigenvalue weighted by atomic mass is 9.98. The highest BCUT2D eigenvalue weighted by Crippen LogP contribution is 2.31. The fraction of sp³-hybridized carbons (Fsp3) is 0.200. The summed E-state index contributed by atoms with van der Waals surface area (Å²) in [5, 5.41) is 0.439. The minimum Gasteiger partial charge on any atom is -0.354 e. The standard InChI is InChI=1S/C20H16N2O6/c1-21-15(23)11-27-17(16(21)12-7-3-2-4-8-12)20(26)28-22-18(24)13-9-5-6-10-14(13)19(22)25/h2-10,16-17H,11H2,1H3. The van der Waals surface area contributed by atoms with Crippen LogP contribution in [-0.4, -0.2) is 53.4 Å². The zero-order valence-corrected chi connectivity index (χ0v) is 14.9. The van der Waals surface area contributed by atoms with E-state index < -0.39 is 29.9 Å². The molecule has 142 valence electrons. The molecule has 2 aliphatic rings. The molecule has 0 aromatic heterocycles. The van der Waals surface area contributed by atoms with Crippen molar-refractivity contribution in [3.63, 3.8) is 0 Å². The number of rotatable bonds is 3. The van der Waals surface area contributed by atoms with Gasteiger partial charge in [-0.25, -0.2) is 4.79 Å². The predicted octanol–water partition coefficient (Wildman–Crippen LogP) is 1.34. The molecular formula is C20H16N2O6. The van der Waals surface area contributed by atoms with Gasteiger partial charge in [0.15, 0.2) is 6.10 Å². The lowest BCUT2D eigenvalue weighted by Gasteiger charge is -2.37. The van der Waals surface area contributed by atoms with Crippen molar-refractivity contribution in [2.24, 2.45) is 0 Å². The largest absolute Gasteiger partial charge is 0.364 e. The fourth-order valence-electron chi connectivity index (χ4n) is 3.35. The van der Waals surface area contributed by atoms with Gasteiger partial charge < -0.3 is 14.5 Å². The molecule has 4 rings (SSSR count). The molecule has 2 aromatic carbocycles. The molecule has 8 heteroatoms. The summed E-state index contributed by atoms with van der Waals surface area (Å²) in [5.41, 5.74) is 0.996. The maximum Gasteiger partial charge on any atom is 0.364 e. The summed E-state index contributed by atoms with van der Waals surface area (Å²) in [6, 6.07) is 14.3. The number of fused-ring (bicyclic) bond motifs is 1. The fourth-order valence-corrected chi connectivity index (χ4v) is 3.35. The molecule has 2 heterocycles. The van der Waals surface area contributed by atoms with Gasteiger partial charge in [-0.05, 0) is 17.7 Å². The molecule has 1 fully saturated rings. The zero-order chi connectivity index (χ0) is 19.8. The Morgan fingerprint density at radius 3 is 2.14 bits per heavy atom. The summed E-state index contributed by atoms with van der Waals surface area (Å²) in [7, 11) is 1.56. The van der Waals surface area contributed by atoms with Gasteiger partial charge >= 0.3 is 5.97 Å². The topological polar surface area (TPSA) is 93.2 Å². The number of benzene rings is 2. The second-order valence-corrected chi connectivity index (χ2v) is 6.45. The van der Waals surface area contributed by atoms with Crippen molar-refractivity contribution in [1.29, 1.82) is 0 Å². The van der Waals surface area contributed by atoms with Crippen LogP contribution in [0, 0.1) is 0 Å². The van der Waals surface area contributed by atoms with Crippen molar-refractivity contribution in [2.75, 3.05) is 13.7 Å². The van der Waals surface area contributed by atoms with E-state index in [1.54, 1.807) is 49.5 Å². The lowest BCUT2D eigenvalue weighted by Crippen LogP contribution is -2.51. The first-order valence-electron chi connectivity index (χ1n) is 8.61. The molecule has 0 spiro atoms. The number of hydrogen-bond donors (Lipinski definition) is 0. The lowest BCUT2D eigenvalue weighted by molar-refractivity contribution is -0.193. The Hall–Kier alpha value is -3.52. The molecule has 2 aliphatic heterocycles. The molecule has 0 aliphatic carbocycles. The van der Waals surface area contributed by atoms with Crippen LogP contribution in [-0.2, 0) is 19.2 Å². The molecule has 0 radical (unpaired) electrons. The molecule has 3 amide bonds. The number of morpholine rings is 1. The van der Waals surface area contributed by atoms with E-state index >= 15 is 0 Å². The third kappa shape index (κ3) is 2.84. The first-order valence-corrected chi connectivity index (χ1v) is 8.61. The van der Waals surface area contributed by atoms with E-state index in [1.807, 2.05) is 0 Å². The summed E-state index contributed by atoms with van der Waals surface area (Å²) in [6.45, 7) is -0.304. The Bertz CT molecular complexity index is 939. The molecule has 0 saturated carbocycles. The summed E-state index contributed by atoms with van der Waals surface area (Å²) in [5.74, 6) is -2.66. The Morgan fingerprint density at radius 2 is 1.54 bits per heavy atom. The second kappa shape index (κ2) is 6.90. The maximum absolute atomic E-state index is 12.8. The predicted molar refractivity (Wildman–Crippen MR) is 94.7 cm³/mol. The Kier molecular flexibility index (Phi) is 4.40. The Balaban J connectivity index is 1.59. The number of likely N-dealkylation sites (N-methyl/N-ethyl adjacent to an activating group) is 1. The van der Waals surface area contributed by atoms with E-state index in [1.165, 1.54) is 17.0 Å².